The van der Waals surface area contributed by atoms with Crippen LogP contribution in [0.25, 0.3) is 6.08 Å². The number of thiocarbonyl (C=S) groups is 1. The zero-order chi connectivity index (χ0) is 18.0. The van der Waals surface area contributed by atoms with Crippen molar-refractivity contribution in [2.24, 2.45) is 0 Å². The van der Waals surface area contributed by atoms with E-state index in [2.05, 4.69) is 5.32 Å². The second-order valence-electron chi connectivity index (χ2n) is 5.57. The van der Waals surface area contributed by atoms with Crippen molar-refractivity contribution < 1.29 is 14.7 Å². The molecule has 1 saturated heterocycles. The van der Waals surface area contributed by atoms with Gasteiger partial charge in [-0.1, -0.05) is 31.2 Å². The number of hydrogen-bond acceptors (Lipinski definition) is 4. The van der Waals surface area contributed by atoms with Crippen LogP contribution in [0.3, 0.4) is 0 Å². The van der Waals surface area contributed by atoms with E-state index in [0.29, 0.717) is 11.3 Å². The maximum atomic E-state index is 12.8. The molecule has 0 aromatic heterocycles. The smallest absolute Gasteiger partial charge is 0.270 e. The van der Waals surface area contributed by atoms with E-state index in [9.17, 15) is 14.7 Å². The first-order chi connectivity index (χ1) is 12.0. The summed E-state index contributed by atoms with van der Waals surface area (Å²) >= 11 is 5.17. The average Bonchev–Trinajstić information content (AvgIpc) is 2.60. The van der Waals surface area contributed by atoms with Gasteiger partial charge in [0.15, 0.2) is 5.11 Å². The lowest BCUT2D eigenvalue weighted by Crippen LogP contribution is -2.54. The molecule has 0 atom stereocenters. The van der Waals surface area contributed by atoms with Crippen molar-refractivity contribution >= 4 is 40.9 Å². The van der Waals surface area contributed by atoms with Gasteiger partial charge in [0.1, 0.15) is 11.3 Å². The Labute approximate surface area is 150 Å². The van der Waals surface area contributed by atoms with E-state index in [1.54, 1.807) is 24.3 Å². The standard InChI is InChI=1S/C19H16N2O3S/c1-2-12-3-7-14(8-4-12)21-18(24)16(17(23)20-19(21)25)11-13-5-9-15(22)10-6-13/h3-11,22H,2H2,1H3,(H,20,23,25). The minimum Gasteiger partial charge on any atom is -0.508 e. The Bertz CT molecular complexity index is 871. The normalized spacial score (nSPS) is 16.3. The molecule has 2 aromatic rings. The first-order valence-electron chi connectivity index (χ1n) is 7.79. The molecule has 25 heavy (non-hydrogen) atoms. The quantitative estimate of drug-likeness (QED) is 0.506. The van der Waals surface area contributed by atoms with Gasteiger partial charge in [-0.2, -0.15) is 0 Å². The van der Waals surface area contributed by atoms with E-state index in [1.165, 1.54) is 23.1 Å². The molecule has 1 aliphatic rings. The molecule has 0 radical (unpaired) electrons. The first kappa shape index (κ1) is 16.9. The molecule has 2 N–H and O–H groups in total. The number of nitrogens with zero attached hydrogens (tertiary/aromatic N) is 1. The number of anilines is 1. The van der Waals surface area contributed by atoms with Gasteiger partial charge in [0.05, 0.1) is 5.69 Å². The second-order valence-corrected chi connectivity index (χ2v) is 5.96. The first-order valence-corrected chi connectivity index (χ1v) is 8.20. The number of carbonyl (C=O) groups is 2. The largest absolute Gasteiger partial charge is 0.508 e. The maximum absolute atomic E-state index is 12.8. The summed E-state index contributed by atoms with van der Waals surface area (Å²) < 4.78 is 0. The zero-order valence-corrected chi connectivity index (χ0v) is 14.3. The molecule has 0 aliphatic carbocycles. The molecule has 126 valence electrons. The molecule has 0 spiro atoms. The lowest BCUT2D eigenvalue weighted by atomic mass is 10.1. The minimum atomic E-state index is -0.537. The molecule has 3 rings (SSSR count). The third kappa shape index (κ3) is 3.44. The lowest BCUT2D eigenvalue weighted by Gasteiger charge is -2.29. The van der Waals surface area contributed by atoms with E-state index in [-0.39, 0.29) is 16.4 Å². The Kier molecular flexibility index (Phi) is 4.63. The number of phenols is 1. The van der Waals surface area contributed by atoms with Crippen LogP contribution >= 0.6 is 12.2 Å². The molecule has 6 heteroatoms. The SMILES string of the molecule is CCc1ccc(N2C(=O)C(=Cc3ccc(O)cc3)C(=O)NC2=S)cc1. The number of carbonyl (C=O) groups excluding carboxylic acids is 2. The molecule has 0 unspecified atom stereocenters. The number of amides is 2. The number of nitrogens with one attached hydrogen (secondary N) is 1. The van der Waals surface area contributed by atoms with E-state index in [0.717, 1.165) is 12.0 Å². The van der Waals surface area contributed by atoms with E-state index >= 15 is 0 Å². The van der Waals surface area contributed by atoms with Gasteiger partial charge in [-0.05, 0) is 60.1 Å². The zero-order valence-electron chi connectivity index (χ0n) is 13.5. The van der Waals surface area contributed by atoms with E-state index in [4.69, 9.17) is 12.2 Å². The Morgan fingerprint density at radius 3 is 2.32 bits per heavy atom. The summed E-state index contributed by atoms with van der Waals surface area (Å²) in [6.45, 7) is 2.05. The summed E-state index contributed by atoms with van der Waals surface area (Å²) in [5.74, 6) is -0.907. The van der Waals surface area contributed by atoms with Crippen LogP contribution in [0.4, 0.5) is 5.69 Å². The number of rotatable bonds is 3. The molecular weight excluding hydrogens is 336 g/mol. The molecular formula is C19H16N2O3S. The number of hydrogen-bond donors (Lipinski definition) is 2. The van der Waals surface area contributed by atoms with Gasteiger partial charge in [0.2, 0.25) is 0 Å². The molecule has 0 bridgehead atoms. The topological polar surface area (TPSA) is 69.6 Å². The summed E-state index contributed by atoms with van der Waals surface area (Å²) in [6, 6.07) is 13.7. The predicted molar refractivity (Wildman–Crippen MR) is 100 cm³/mol. The van der Waals surface area contributed by atoms with Crippen LogP contribution in [0.1, 0.15) is 18.1 Å². The van der Waals surface area contributed by atoms with Gasteiger partial charge >= 0.3 is 0 Å². The monoisotopic (exact) mass is 352 g/mol. The highest BCUT2D eigenvalue weighted by Crippen LogP contribution is 2.23. The highest BCUT2D eigenvalue weighted by molar-refractivity contribution is 7.80. The maximum Gasteiger partial charge on any atom is 0.270 e. The predicted octanol–water partition coefficient (Wildman–Crippen LogP) is 2.79. The van der Waals surface area contributed by atoms with Crippen molar-refractivity contribution in [1.82, 2.24) is 5.32 Å². The Morgan fingerprint density at radius 2 is 1.72 bits per heavy atom. The van der Waals surface area contributed by atoms with Gasteiger partial charge in [0.25, 0.3) is 11.8 Å². The van der Waals surface area contributed by atoms with Crippen LogP contribution in [0.15, 0.2) is 54.1 Å². The van der Waals surface area contributed by atoms with E-state index < -0.39 is 11.8 Å². The summed E-state index contributed by atoms with van der Waals surface area (Å²) in [5.41, 5.74) is 2.36. The third-order valence-electron chi connectivity index (χ3n) is 3.91. The number of benzene rings is 2. The van der Waals surface area contributed by atoms with Crippen LogP contribution in [-0.4, -0.2) is 22.0 Å². The Morgan fingerprint density at radius 1 is 1.08 bits per heavy atom. The molecule has 2 amide bonds. The molecule has 0 saturated carbocycles. The van der Waals surface area contributed by atoms with Crippen molar-refractivity contribution in [2.75, 3.05) is 4.90 Å². The molecule has 1 heterocycles. The number of aryl methyl sites for hydroxylation is 1. The van der Waals surface area contributed by atoms with Gasteiger partial charge in [-0.25, -0.2) is 0 Å². The van der Waals surface area contributed by atoms with Gasteiger partial charge in [0, 0.05) is 0 Å². The van der Waals surface area contributed by atoms with Gasteiger partial charge in [-0.3, -0.25) is 19.8 Å². The van der Waals surface area contributed by atoms with Crippen LogP contribution in [-0.2, 0) is 16.0 Å². The van der Waals surface area contributed by atoms with Crippen molar-refractivity contribution in [1.29, 1.82) is 0 Å². The van der Waals surface area contributed by atoms with Crippen LogP contribution in [0.2, 0.25) is 0 Å². The van der Waals surface area contributed by atoms with Crippen LogP contribution < -0.4 is 10.2 Å². The van der Waals surface area contributed by atoms with Crippen molar-refractivity contribution in [3.8, 4) is 5.75 Å². The van der Waals surface area contributed by atoms with E-state index in [1.807, 2.05) is 19.1 Å². The third-order valence-corrected chi connectivity index (χ3v) is 4.19. The average molecular weight is 352 g/mol. The van der Waals surface area contributed by atoms with Crippen LogP contribution in [0, 0.1) is 0 Å². The van der Waals surface area contributed by atoms with Crippen molar-refractivity contribution in [2.45, 2.75) is 13.3 Å². The molecule has 5 nitrogen and oxygen atoms in total. The van der Waals surface area contributed by atoms with Crippen LogP contribution in [0.5, 0.6) is 5.75 Å². The fraction of sp³-hybridized carbons (Fsp3) is 0.105. The molecule has 1 aliphatic heterocycles. The Balaban J connectivity index is 1.97. The number of aromatic hydroxyl groups is 1. The fourth-order valence-corrected chi connectivity index (χ4v) is 2.79. The van der Waals surface area contributed by atoms with Gasteiger partial charge in [-0.15, -0.1) is 0 Å². The summed E-state index contributed by atoms with van der Waals surface area (Å²) in [6.07, 6.45) is 2.37. The highest BCUT2D eigenvalue weighted by Gasteiger charge is 2.34. The van der Waals surface area contributed by atoms with Crippen molar-refractivity contribution in [3.05, 3.63) is 65.2 Å². The molecule has 1 fully saturated rings. The lowest BCUT2D eigenvalue weighted by molar-refractivity contribution is -0.122. The second kappa shape index (κ2) is 6.86. The minimum absolute atomic E-state index is 0.0149. The summed E-state index contributed by atoms with van der Waals surface area (Å²) in [7, 11) is 0. The highest BCUT2D eigenvalue weighted by atomic mass is 32.1. The fourth-order valence-electron chi connectivity index (χ4n) is 2.51. The Hall–Kier alpha value is -2.99. The van der Waals surface area contributed by atoms with Gasteiger partial charge < -0.3 is 5.11 Å². The van der Waals surface area contributed by atoms with Crippen molar-refractivity contribution in [3.63, 3.8) is 0 Å². The summed E-state index contributed by atoms with van der Waals surface area (Å²) in [5, 5.41) is 11.9. The molecule has 2 aromatic carbocycles. The number of phenolic OH excluding ortho intramolecular Hbond substituents is 1. The summed E-state index contributed by atoms with van der Waals surface area (Å²) in [4.78, 5) is 26.3.